The first-order chi connectivity index (χ1) is 10.7. The van der Waals surface area contributed by atoms with E-state index in [2.05, 4.69) is 16.8 Å². The SMILES string of the molecule is CCc1cc2c(=O)n(CC(O)CN3CCOCC3)cnc2s1. The first kappa shape index (κ1) is 15.6. The van der Waals surface area contributed by atoms with Gasteiger partial charge >= 0.3 is 0 Å². The monoisotopic (exact) mass is 323 g/mol. The number of hydrogen-bond acceptors (Lipinski definition) is 6. The minimum Gasteiger partial charge on any atom is -0.390 e. The smallest absolute Gasteiger partial charge is 0.262 e. The molecule has 0 aliphatic carbocycles. The number of thiophene rings is 1. The van der Waals surface area contributed by atoms with Crippen molar-refractivity contribution in [2.45, 2.75) is 26.0 Å². The van der Waals surface area contributed by atoms with E-state index in [1.54, 1.807) is 17.7 Å². The van der Waals surface area contributed by atoms with E-state index in [1.165, 1.54) is 4.57 Å². The number of ether oxygens (including phenoxy) is 1. The summed E-state index contributed by atoms with van der Waals surface area (Å²) < 4.78 is 6.81. The number of morpholine rings is 1. The Kier molecular flexibility index (Phi) is 4.87. The van der Waals surface area contributed by atoms with Crippen molar-refractivity contribution in [1.82, 2.24) is 14.5 Å². The molecule has 1 fully saturated rings. The molecule has 0 aromatic carbocycles. The number of β-amino-alcohol motifs (C(OH)–C–C–N with tert-alkyl or cyclic N) is 1. The molecule has 1 unspecified atom stereocenters. The molecule has 1 aliphatic heterocycles. The predicted octanol–water partition coefficient (Wildman–Crippen LogP) is 0.714. The van der Waals surface area contributed by atoms with Crippen molar-refractivity contribution in [2.75, 3.05) is 32.8 Å². The average molecular weight is 323 g/mol. The van der Waals surface area contributed by atoms with Gasteiger partial charge in [0.25, 0.3) is 5.56 Å². The Hall–Kier alpha value is -1.28. The molecule has 1 saturated heterocycles. The second kappa shape index (κ2) is 6.87. The maximum atomic E-state index is 12.5. The summed E-state index contributed by atoms with van der Waals surface area (Å²) in [5.41, 5.74) is -0.0676. The molecule has 120 valence electrons. The molecule has 0 spiro atoms. The van der Waals surface area contributed by atoms with Gasteiger partial charge in [-0.05, 0) is 12.5 Å². The Labute approximate surface area is 133 Å². The lowest BCUT2D eigenvalue weighted by molar-refractivity contribution is 0.0113. The average Bonchev–Trinajstić information content (AvgIpc) is 2.95. The molecule has 22 heavy (non-hydrogen) atoms. The maximum Gasteiger partial charge on any atom is 0.262 e. The van der Waals surface area contributed by atoms with Crippen LogP contribution in [0.4, 0.5) is 0 Å². The molecule has 0 amide bonds. The Morgan fingerprint density at radius 1 is 1.41 bits per heavy atom. The van der Waals surface area contributed by atoms with Gasteiger partial charge in [0, 0.05) is 24.5 Å². The third kappa shape index (κ3) is 3.38. The lowest BCUT2D eigenvalue weighted by Crippen LogP contribution is -2.42. The van der Waals surface area contributed by atoms with Crippen LogP contribution in [0.1, 0.15) is 11.8 Å². The van der Waals surface area contributed by atoms with Crippen molar-refractivity contribution in [3.63, 3.8) is 0 Å². The number of aliphatic hydroxyl groups is 1. The number of rotatable bonds is 5. The number of aromatic nitrogens is 2. The van der Waals surface area contributed by atoms with Crippen LogP contribution in [0.5, 0.6) is 0 Å². The molecule has 0 radical (unpaired) electrons. The molecule has 2 aromatic heterocycles. The topological polar surface area (TPSA) is 67.6 Å². The van der Waals surface area contributed by atoms with E-state index in [0.717, 1.165) is 29.2 Å². The van der Waals surface area contributed by atoms with Crippen LogP contribution in [0, 0.1) is 0 Å². The van der Waals surface area contributed by atoms with E-state index in [9.17, 15) is 9.90 Å². The molecule has 0 saturated carbocycles. The molecule has 7 heteroatoms. The van der Waals surface area contributed by atoms with E-state index in [4.69, 9.17) is 4.74 Å². The Morgan fingerprint density at radius 3 is 2.91 bits per heavy atom. The fraction of sp³-hybridized carbons (Fsp3) is 0.600. The molecule has 1 atom stereocenters. The van der Waals surface area contributed by atoms with Gasteiger partial charge in [-0.3, -0.25) is 14.3 Å². The highest BCUT2D eigenvalue weighted by Crippen LogP contribution is 2.21. The summed E-state index contributed by atoms with van der Waals surface area (Å²) in [4.78, 5) is 20.9. The van der Waals surface area contributed by atoms with Crippen LogP contribution in [-0.2, 0) is 17.7 Å². The molecule has 3 rings (SSSR count). The van der Waals surface area contributed by atoms with Crippen LogP contribution >= 0.6 is 11.3 Å². The fourth-order valence-electron chi connectivity index (χ4n) is 2.68. The summed E-state index contributed by atoms with van der Waals surface area (Å²) in [5.74, 6) is 0. The van der Waals surface area contributed by atoms with E-state index >= 15 is 0 Å². The van der Waals surface area contributed by atoms with Crippen molar-refractivity contribution >= 4 is 21.6 Å². The summed E-state index contributed by atoms with van der Waals surface area (Å²) in [7, 11) is 0. The third-order valence-electron chi connectivity index (χ3n) is 3.90. The van der Waals surface area contributed by atoms with Gasteiger partial charge in [-0.15, -0.1) is 11.3 Å². The predicted molar refractivity (Wildman–Crippen MR) is 86.5 cm³/mol. The lowest BCUT2D eigenvalue weighted by Gasteiger charge is -2.28. The summed E-state index contributed by atoms with van der Waals surface area (Å²) in [6, 6.07) is 1.92. The van der Waals surface area contributed by atoms with Gasteiger partial charge in [0.2, 0.25) is 0 Å². The van der Waals surface area contributed by atoms with Crippen LogP contribution in [0.2, 0.25) is 0 Å². The highest BCUT2D eigenvalue weighted by atomic mass is 32.1. The molecule has 2 aromatic rings. The largest absolute Gasteiger partial charge is 0.390 e. The molecule has 6 nitrogen and oxygen atoms in total. The zero-order chi connectivity index (χ0) is 15.5. The molecular weight excluding hydrogens is 302 g/mol. The van der Waals surface area contributed by atoms with Crippen LogP contribution in [-0.4, -0.2) is 58.5 Å². The highest BCUT2D eigenvalue weighted by Gasteiger charge is 2.16. The molecule has 1 aliphatic rings. The molecule has 0 bridgehead atoms. The number of nitrogens with zero attached hydrogens (tertiary/aromatic N) is 3. The Morgan fingerprint density at radius 2 is 2.18 bits per heavy atom. The normalized spacial score (nSPS) is 17.9. The minimum absolute atomic E-state index is 0.0676. The van der Waals surface area contributed by atoms with E-state index in [0.29, 0.717) is 25.1 Å². The standard InChI is InChI=1S/C15H21N3O3S/c1-2-12-7-13-14(22-12)16-10-18(15(13)20)9-11(19)8-17-3-5-21-6-4-17/h7,10-11,19H,2-6,8-9H2,1H3. The van der Waals surface area contributed by atoms with E-state index in [-0.39, 0.29) is 12.1 Å². The zero-order valence-corrected chi connectivity index (χ0v) is 13.5. The Bertz CT molecular complexity index is 691. The Balaban J connectivity index is 1.72. The third-order valence-corrected chi connectivity index (χ3v) is 5.09. The van der Waals surface area contributed by atoms with Crippen LogP contribution in [0.25, 0.3) is 10.2 Å². The van der Waals surface area contributed by atoms with Gasteiger partial charge in [-0.25, -0.2) is 4.98 Å². The van der Waals surface area contributed by atoms with Crippen molar-refractivity contribution < 1.29 is 9.84 Å². The van der Waals surface area contributed by atoms with Gasteiger partial charge < -0.3 is 9.84 Å². The summed E-state index contributed by atoms with van der Waals surface area (Å²) in [6.07, 6.45) is 1.86. The fourth-order valence-corrected chi connectivity index (χ4v) is 3.61. The van der Waals surface area contributed by atoms with Crippen molar-refractivity contribution in [3.05, 3.63) is 27.6 Å². The number of aliphatic hydroxyl groups excluding tert-OH is 1. The quantitative estimate of drug-likeness (QED) is 0.878. The van der Waals surface area contributed by atoms with Crippen LogP contribution in [0.3, 0.4) is 0 Å². The van der Waals surface area contributed by atoms with Crippen LogP contribution < -0.4 is 5.56 Å². The second-order valence-corrected chi connectivity index (χ2v) is 6.67. The van der Waals surface area contributed by atoms with Gasteiger partial charge in [0.05, 0.1) is 37.6 Å². The number of aryl methyl sites for hydroxylation is 1. The maximum absolute atomic E-state index is 12.5. The zero-order valence-electron chi connectivity index (χ0n) is 12.7. The second-order valence-electron chi connectivity index (χ2n) is 5.55. The minimum atomic E-state index is -0.584. The molecular formula is C15H21N3O3S. The van der Waals surface area contributed by atoms with Crippen molar-refractivity contribution in [1.29, 1.82) is 0 Å². The van der Waals surface area contributed by atoms with Crippen molar-refractivity contribution in [3.8, 4) is 0 Å². The van der Waals surface area contributed by atoms with Gasteiger partial charge in [-0.2, -0.15) is 0 Å². The number of fused-ring (bicyclic) bond motifs is 1. The lowest BCUT2D eigenvalue weighted by atomic mass is 10.3. The van der Waals surface area contributed by atoms with E-state index in [1.807, 2.05) is 6.07 Å². The summed E-state index contributed by atoms with van der Waals surface area (Å²) in [6.45, 7) is 5.95. The van der Waals surface area contributed by atoms with Gasteiger partial charge in [0.15, 0.2) is 0 Å². The summed E-state index contributed by atoms with van der Waals surface area (Å²) >= 11 is 1.56. The van der Waals surface area contributed by atoms with E-state index < -0.39 is 6.10 Å². The number of hydrogen-bond donors (Lipinski definition) is 1. The summed E-state index contributed by atoms with van der Waals surface area (Å²) in [5, 5.41) is 10.9. The first-order valence-electron chi connectivity index (χ1n) is 7.63. The van der Waals surface area contributed by atoms with Crippen LogP contribution in [0.15, 0.2) is 17.2 Å². The van der Waals surface area contributed by atoms with Crippen molar-refractivity contribution in [2.24, 2.45) is 0 Å². The first-order valence-corrected chi connectivity index (χ1v) is 8.45. The highest BCUT2D eigenvalue weighted by molar-refractivity contribution is 7.18. The van der Waals surface area contributed by atoms with Gasteiger partial charge in [-0.1, -0.05) is 6.92 Å². The van der Waals surface area contributed by atoms with Gasteiger partial charge in [0.1, 0.15) is 4.83 Å². The molecule has 1 N–H and O–H groups in total. The molecule has 3 heterocycles.